The van der Waals surface area contributed by atoms with E-state index in [0.717, 1.165) is 32.8 Å². The van der Waals surface area contributed by atoms with Crippen molar-refractivity contribution in [2.75, 3.05) is 51.5 Å². The summed E-state index contributed by atoms with van der Waals surface area (Å²) in [5, 5.41) is 10.6. The van der Waals surface area contributed by atoms with Crippen LogP contribution in [-0.2, 0) is 37.8 Å². The maximum atomic E-state index is 13.4. The van der Waals surface area contributed by atoms with Gasteiger partial charge in [0, 0.05) is 50.6 Å². The predicted octanol–water partition coefficient (Wildman–Crippen LogP) is 2.00. The second-order valence-corrected chi connectivity index (χ2v) is 18.8. The molecule has 0 aromatic carbocycles. The van der Waals surface area contributed by atoms with Gasteiger partial charge in [-0.3, -0.25) is 19.2 Å². The van der Waals surface area contributed by atoms with Crippen molar-refractivity contribution in [3.63, 3.8) is 0 Å². The minimum Gasteiger partial charge on any atom is -0.467 e. The van der Waals surface area contributed by atoms with Crippen molar-refractivity contribution < 1.29 is 42.6 Å². The minimum absolute atomic E-state index is 0.00484. The van der Waals surface area contributed by atoms with E-state index in [1.54, 1.807) is 5.38 Å². The number of carbonyl (C=O) groups is 5. The number of methoxy groups -OCH3 is 1. The lowest BCUT2D eigenvalue weighted by Crippen LogP contribution is -2.56. The van der Waals surface area contributed by atoms with Crippen molar-refractivity contribution in [3.05, 3.63) is 11.1 Å². The summed E-state index contributed by atoms with van der Waals surface area (Å²) in [4.78, 5) is 69.7. The molecular weight excluding hydrogens is 635 g/mol. The van der Waals surface area contributed by atoms with Crippen molar-refractivity contribution >= 4 is 54.4 Å². The van der Waals surface area contributed by atoms with E-state index in [2.05, 4.69) is 46.6 Å². The number of amides is 3. The Kier molecular flexibility index (Phi) is 13.5. The first-order valence-corrected chi connectivity index (χ1v) is 19.4. The third kappa shape index (κ3) is 10.7. The average Bonchev–Trinajstić information content (AvgIpc) is 3.51. The van der Waals surface area contributed by atoms with E-state index in [0.29, 0.717) is 31.4 Å². The Labute approximate surface area is 275 Å². The van der Waals surface area contributed by atoms with Crippen LogP contribution in [0.25, 0.3) is 0 Å². The molecule has 1 aromatic rings. The van der Waals surface area contributed by atoms with Gasteiger partial charge in [0.1, 0.15) is 18.3 Å². The Morgan fingerprint density at radius 3 is 2.28 bits per heavy atom. The molecule has 16 heteroatoms. The molecule has 2 aliphatic heterocycles. The van der Waals surface area contributed by atoms with Crippen molar-refractivity contribution in [2.45, 2.75) is 89.6 Å². The van der Waals surface area contributed by atoms with Gasteiger partial charge in [-0.05, 0) is 43.8 Å². The number of nitrogens with zero attached hydrogens (tertiary/aromatic N) is 2. The molecule has 14 nitrogen and oxygen atoms in total. The molecule has 3 rings (SSSR count). The third-order valence-electron chi connectivity index (χ3n) is 8.72. The highest BCUT2D eigenvalue weighted by Crippen LogP contribution is 2.36. The number of esters is 2. The first-order valence-electron chi connectivity index (χ1n) is 15.7. The molecule has 0 bridgehead atoms. The second kappa shape index (κ2) is 16.7. The molecule has 3 amide bonds. The van der Waals surface area contributed by atoms with Gasteiger partial charge in [-0.1, -0.05) is 20.8 Å². The number of piperidine rings is 1. The molecule has 3 heterocycles. The molecule has 258 valence electrons. The van der Waals surface area contributed by atoms with Gasteiger partial charge in [-0.25, -0.2) is 9.78 Å². The van der Waals surface area contributed by atoms with Gasteiger partial charge in [0.2, 0.25) is 11.8 Å². The molecule has 3 N–H and O–H groups in total. The van der Waals surface area contributed by atoms with Crippen LogP contribution in [0.1, 0.15) is 63.9 Å². The molecule has 0 saturated carbocycles. The molecule has 2 fully saturated rings. The van der Waals surface area contributed by atoms with E-state index in [-0.39, 0.29) is 35.2 Å². The maximum absolute atomic E-state index is 13.4. The standard InChI is InChI=1S/C30H49N5O9SSi/c1-19(36)43-16-23(28(40)41-5)33-26(38)22(17-44-46(6,7)30(2,3)4)32-27(39)24-18-45-29(34-24)35-12-8-21(9-13-35)31-25(37)20-10-14-42-15-11-20/h18,20-23H,8-17H2,1-7H3,(H,31,37)(H,32,39)(H,33,38)/t22-,23-/m0/s1. The number of nitrogens with one attached hydrogen (secondary N) is 3. The van der Waals surface area contributed by atoms with E-state index in [9.17, 15) is 24.0 Å². The molecular formula is C30H49N5O9SSi. The molecule has 2 atom stereocenters. The zero-order chi connectivity index (χ0) is 34.1. The Morgan fingerprint density at radius 1 is 1.04 bits per heavy atom. The number of anilines is 1. The molecule has 0 spiro atoms. The van der Waals surface area contributed by atoms with Crippen LogP contribution in [0.2, 0.25) is 18.1 Å². The SMILES string of the molecule is COC(=O)[C@H](COC(C)=O)NC(=O)[C@H](CO[Si](C)(C)C(C)(C)C)NC(=O)c1csc(N2CCC(NC(=O)C3CCOCC3)CC2)n1. The highest BCUT2D eigenvalue weighted by atomic mass is 32.1. The summed E-state index contributed by atoms with van der Waals surface area (Å²) in [5.74, 6) is -2.61. The monoisotopic (exact) mass is 683 g/mol. The molecule has 2 saturated heterocycles. The number of ether oxygens (including phenoxy) is 3. The number of hydrogen-bond acceptors (Lipinski definition) is 12. The second-order valence-electron chi connectivity index (χ2n) is 13.2. The Hall–Kier alpha value is -3.08. The van der Waals surface area contributed by atoms with Crippen LogP contribution < -0.4 is 20.9 Å². The number of thiazole rings is 1. The lowest BCUT2D eigenvalue weighted by Gasteiger charge is -2.37. The Morgan fingerprint density at radius 2 is 1.70 bits per heavy atom. The number of carbonyl (C=O) groups excluding carboxylic acids is 5. The van der Waals surface area contributed by atoms with Crippen molar-refractivity contribution in [1.29, 1.82) is 0 Å². The van der Waals surface area contributed by atoms with Gasteiger partial charge < -0.3 is 39.5 Å². The fourth-order valence-corrected chi connectivity index (χ4v) is 6.59. The van der Waals surface area contributed by atoms with Gasteiger partial charge >= 0.3 is 11.9 Å². The summed E-state index contributed by atoms with van der Waals surface area (Å²) in [7, 11) is -1.18. The zero-order valence-corrected chi connectivity index (χ0v) is 29.8. The summed E-state index contributed by atoms with van der Waals surface area (Å²) in [6.45, 7) is 13.4. The smallest absolute Gasteiger partial charge is 0.331 e. The first-order chi connectivity index (χ1) is 21.6. The Balaban J connectivity index is 1.64. The first kappa shape index (κ1) is 37.4. The summed E-state index contributed by atoms with van der Waals surface area (Å²) in [5.41, 5.74) is 0.143. The van der Waals surface area contributed by atoms with E-state index in [1.165, 1.54) is 18.3 Å². The molecule has 2 aliphatic rings. The van der Waals surface area contributed by atoms with E-state index < -0.39 is 50.8 Å². The highest BCUT2D eigenvalue weighted by molar-refractivity contribution is 7.13. The van der Waals surface area contributed by atoms with Crippen molar-refractivity contribution in [1.82, 2.24) is 20.9 Å². The largest absolute Gasteiger partial charge is 0.467 e. The van der Waals surface area contributed by atoms with Crippen molar-refractivity contribution in [2.24, 2.45) is 5.92 Å². The number of aromatic nitrogens is 1. The summed E-state index contributed by atoms with van der Waals surface area (Å²) in [6.07, 6.45) is 3.02. The van der Waals surface area contributed by atoms with Crippen LogP contribution in [0.5, 0.6) is 0 Å². The van der Waals surface area contributed by atoms with Crippen molar-refractivity contribution in [3.8, 4) is 0 Å². The fourth-order valence-electron chi connectivity index (χ4n) is 4.71. The minimum atomic E-state index is -2.33. The van der Waals surface area contributed by atoms with Gasteiger partial charge in [-0.15, -0.1) is 11.3 Å². The quantitative estimate of drug-likeness (QED) is 0.205. The third-order valence-corrected chi connectivity index (χ3v) is 14.1. The van der Waals surface area contributed by atoms with Crippen LogP contribution in [0.3, 0.4) is 0 Å². The predicted molar refractivity (Wildman–Crippen MR) is 174 cm³/mol. The van der Waals surface area contributed by atoms with E-state index >= 15 is 0 Å². The average molecular weight is 684 g/mol. The van der Waals surface area contributed by atoms with Gasteiger partial charge in [0.25, 0.3) is 5.91 Å². The summed E-state index contributed by atoms with van der Waals surface area (Å²) >= 11 is 1.32. The van der Waals surface area contributed by atoms with E-state index in [1.807, 2.05) is 13.1 Å². The molecule has 0 radical (unpaired) electrons. The topological polar surface area (TPSA) is 174 Å². The maximum Gasteiger partial charge on any atom is 0.331 e. The molecule has 0 aliphatic carbocycles. The highest BCUT2D eigenvalue weighted by Gasteiger charge is 2.39. The van der Waals surface area contributed by atoms with Gasteiger partial charge in [0.15, 0.2) is 19.5 Å². The van der Waals surface area contributed by atoms with Crippen LogP contribution in [0.15, 0.2) is 5.38 Å². The number of rotatable bonds is 13. The molecule has 46 heavy (non-hydrogen) atoms. The Bertz CT molecular complexity index is 1220. The summed E-state index contributed by atoms with van der Waals surface area (Å²) in [6, 6.07) is -2.36. The lowest BCUT2D eigenvalue weighted by atomic mass is 9.97. The van der Waals surface area contributed by atoms with Crippen LogP contribution in [0, 0.1) is 5.92 Å². The lowest BCUT2D eigenvalue weighted by molar-refractivity contribution is -0.151. The van der Waals surface area contributed by atoms with Crippen LogP contribution in [0.4, 0.5) is 5.13 Å². The zero-order valence-electron chi connectivity index (χ0n) is 27.9. The summed E-state index contributed by atoms with van der Waals surface area (Å²) < 4.78 is 21.3. The fraction of sp³-hybridized carbons (Fsp3) is 0.733. The molecule has 1 aromatic heterocycles. The van der Waals surface area contributed by atoms with E-state index in [4.69, 9.17) is 18.6 Å². The van der Waals surface area contributed by atoms with Crippen LogP contribution in [-0.4, -0.2) is 108 Å². The number of hydrogen-bond donors (Lipinski definition) is 3. The normalized spacial score (nSPS) is 17.8. The molecule has 0 unspecified atom stereocenters. The van der Waals surface area contributed by atoms with Gasteiger partial charge in [-0.2, -0.15) is 0 Å². The van der Waals surface area contributed by atoms with Gasteiger partial charge in [0.05, 0.1) is 13.7 Å². The van der Waals surface area contributed by atoms with Crippen LogP contribution >= 0.6 is 11.3 Å².